The predicted molar refractivity (Wildman–Crippen MR) is 79.0 cm³/mol. The van der Waals surface area contributed by atoms with Crippen LogP contribution in [0.2, 0.25) is 0 Å². The van der Waals surface area contributed by atoms with E-state index in [1.165, 1.54) is 12.1 Å². The summed E-state index contributed by atoms with van der Waals surface area (Å²) < 4.78 is 22.9. The lowest BCUT2D eigenvalue weighted by Crippen LogP contribution is -2.29. The van der Waals surface area contributed by atoms with Crippen molar-refractivity contribution < 1.29 is 13.2 Å². The van der Waals surface area contributed by atoms with Crippen molar-refractivity contribution in [1.29, 1.82) is 0 Å². The monoisotopic (exact) mass is 299 g/mol. The van der Waals surface area contributed by atoms with Crippen LogP contribution in [0.5, 0.6) is 0 Å². The normalized spacial score (nSPS) is 13.1. The molecule has 1 unspecified atom stereocenters. The van der Waals surface area contributed by atoms with Gasteiger partial charge in [0.25, 0.3) is 0 Å². The number of hydrogen-bond acceptors (Lipinski definition) is 4. The van der Waals surface area contributed by atoms with Crippen molar-refractivity contribution in [3.8, 4) is 0 Å². The molecule has 0 radical (unpaired) electrons. The number of aryl methyl sites for hydroxylation is 1. The average Bonchev–Trinajstić information content (AvgIpc) is 2.33. The smallest absolute Gasteiger partial charge is 0.238 e. The first kappa shape index (κ1) is 16.6. The summed E-state index contributed by atoms with van der Waals surface area (Å²) in [5.74, 6) is -0.397. The van der Waals surface area contributed by atoms with Crippen molar-refractivity contribution in [3.05, 3.63) is 23.3 Å². The topological polar surface area (TPSA) is 101 Å². The maximum atomic E-state index is 12.0. The lowest BCUT2D eigenvalue weighted by atomic mass is 10.1. The lowest BCUT2D eigenvalue weighted by molar-refractivity contribution is -0.119. The molecule has 4 N–H and O–H groups in total. The fourth-order valence-corrected chi connectivity index (χ4v) is 2.40. The number of rotatable bonds is 5. The zero-order chi connectivity index (χ0) is 15.5. The highest BCUT2D eigenvalue weighted by molar-refractivity contribution is 7.89. The van der Waals surface area contributed by atoms with Crippen LogP contribution in [-0.4, -0.2) is 27.9 Å². The summed E-state index contributed by atoms with van der Waals surface area (Å²) in [6.07, 6.45) is 0. The van der Waals surface area contributed by atoms with Gasteiger partial charge in [0.1, 0.15) is 0 Å². The molecular weight excluding hydrogens is 278 g/mol. The van der Waals surface area contributed by atoms with Crippen molar-refractivity contribution in [1.82, 2.24) is 5.32 Å². The minimum absolute atomic E-state index is 0.00262. The molecular formula is C13H21N3O3S. The Hall–Kier alpha value is -1.44. The van der Waals surface area contributed by atoms with Gasteiger partial charge in [-0.1, -0.05) is 6.92 Å². The number of carbonyl (C=O) groups excluding carboxylic acids is 1. The fraction of sp³-hybridized carbons (Fsp3) is 0.462. The lowest BCUT2D eigenvalue weighted by Gasteiger charge is -2.15. The van der Waals surface area contributed by atoms with Crippen LogP contribution in [0.1, 0.15) is 18.1 Å². The molecule has 0 aliphatic heterocycles. The minimum atomic E-state index is -3.79. The van der Waals surface area contributed by atoms with Crippen molar-refractivity contribution in [2.45, 2.75) is 25.7 Å². The van der Waals surface area contributed by atoms with Crippen LogP contribution >= 0.6 is 0 Å². The van der Waals surface area contributed by atoms with E-state index in [1.807, 2.05) is 6.92 Å². The first-order valence-electron chi connectivity index (χ1n) is 6.26. The van der Waals surface area contributed by atoms with Crippen LogP contribution in [0.25, 0.3) is 0 Å². The van der Waals surface area contributed by atoms with Crippen molar-refractivity contribution in [2.75, 3.05) is 18.9 Å². The summed E-state index contributed by atoms with van der Waals surface area (Å²) in [7, 11) is -2.03. The van der Waals surface area contributed by atoms with Gasteiger partial charge in [0.2, 0.25) is 15.9 Å². The maximum absolute atomic E-state index is 12.0. The molecule has 0 aliphatic carbocycles. The molecule has 0 saturated carbocycles. The highest BCUT2D eigenvalue weighted by Crippen LogP contribution is 2.24. The van der Waals surface area contributed by atoms with Crippen LogP contribution in [0, 0.1) is 19.8 Å². The molecule has 6 nitrogen and oxygen atoms in total. The minimum Gasteiger partial charge on any atom is -0.326 e. The van der Waals surface area contributed by atoms with E-state index in [9.17, 15) is 13.2 Å². The van der Waals surface area contributed by atoms with Crippen LogP contribution < -0.4 is 15.8 Å². The van der Waals surface area contributed by atoms with Crippen LogP contribution in [0.15, 0.2) is 17.0 Å². The summed E-state index contributed by atoms with van der Waals surface area (Å²) in [4.78, 5) is 12.0. The van der Waals surface area contributed by atoms with Gasteiger partial charge in [-0.2, -0.15) is 0 Å². The summed E-state index contributed by atoms with van der Waals surface area (Å²) >= 11 is 0. The highest BCUT2D eigenvalue weighted by Gasteiger charge is 2.16. The molecule has 0 heterocycles. The molecule has 0 aliphatic rings. The number of nitrogens with one attached hydrogen (secondary N) is 2. The Bertz CT molecular complexity index is 612. The Morgan fingerprint density at radius 1 is 1.35 bits per heavy atom. The molecule has 20 heavy (non-hydrogen) atoms. The van der Waals surface area contributed by atoms with Crippen molar-refractivity contribution in [2.24, 2.45) is 11.1 Å². The first-order valence-corrected chi connectivity index (χ1v) is 7.81. The predicted octanol–water partition coefficient (Wildman–Crippen LogP) is 0.745. The van der Waals surface area contributed by atoms with E-state index >= 15 is 0 Å². The molecule has 7 heteroatoms. The summed E-state index contributed by atoms with van der Waals surface area (Å²) in [6, 6.07) is 2.89. The molecule has 1 amide bonds. The Kier molecular flexibility index (Phi) is 5.27. The molecule has 0 saturated heterocycles. The molecule has 1 aromatic rings. The van der Waals surface area contributed by atoms with E-state index in [0.717, 1.165) is 11.1 Å². The van der Waals surface area contributed by atoms with Gasteiger partial charge in [-0.25, -0.2) is 13.6 Å². The van der Waals surface area contributed by atoms with Gasteiger partial charge >= 0.3 is 0 Å². The van der Waals surface area contributed by atoms with Crippen LogP contribution in [0.4, 0.5) is 5.69 Å². The number of hydrogen-bond donors (Lipinski definition) is 3. The average molecular weight is 299 g/mol. The number of amides is 1. The van der Waals surface area contributed by atoms with Crippen molar-refractivity contribution >= 4 is 21.6 Å². The second-order valence-electron chi connectivity index (χ2n) is 4.91. The Morgan fingerprint density at radius 3 is 2.45 bits per heavy atom. The maximum Gasteiger partial charge on any atom is 0.238 e. The molecule has 1 aromatic carbocycles. The van der Waals surface area contributed by atoms with E-state index < -0.39 is 10.0 Å². The van der Waals surface area contributed by atoms with Gasteiger partial charge in [0.15, 0.2) is 0 Å². The number of nitrogens with two attached hydrogens (primary N) is 1. The largest absolute Gasteiger partial charge is 0.326 e. The molecule has 0 spiro atoms. The third-order valence-corrected chi connectivity index (χ3v) is 4.08. The number of primary sulfonamides is 1. The van der Waals surface area contributed by atoms with Gasteiger partial charge in [-0.05, 0) is 44.2 Å². The second kappa shape index (κ2) is 6.34. The van der Waals surface area contributed by atoms with Crippen LogP contribution in [0.3, 0.4) is 0 Å². The third-order valence-electron chi connectivity index (χ3n) is 3.19. The van der Waals surface area contributed by atoms with Crippen LogP contribution in [-0.2, 0) is 14.8 Å². The Morgan fingerprint density at radius 2 is 1.95 bits per heavy atom. The van der Waals surface area contributed by atoms with Crippen molar-refractivity contribution in [3.63, 3.8) is 0 Å². The molecule has 112 valence electrons. The SMILES string of the molecule is CNCC(C)C(=O)Nc1cc(S(N)(=O)=O)cc(C)c1C. The fourth-order valence-electron chi connectivity index (χ4n) is 1.78. The third kappa shape index (κ3) is 4.03. The molecule has 0 fully saturated rings. The summed E-state index contributed by atoms with van der Waals surface area (Å²) in [6.45, 7) is 5.92. The Balaban J connectivity index is 3.12. The van der Waals surface area contributed by atoms with E-state index in [4.69, 9.17) is 5.14 Å². The summed E-state index contributed by atoms with van der Waals surface area (Å²) in [5, 5.41) is 10.8. The molecule has 1 atom stereocenters. The van der Waals surface area contributed by atoms with E-state index in [-0.39, 0.29) is 16.7 Å². The van der Waals surface area contributed by atoms with Gasteiger partial charge < -0.3 is 10.6 Å². The molecule has 0 aromatic heterocycles. The molecule has 1 rings (SSSR count). The summed E-state index contributed by atoms with van der Waals surface area (Å²) in [5.41, 5.74) is 2.05. The second-order valence-corrected chi connectivity index (χ2v) is 6.47. The standard InChI is InChI=1S/C13H21N3O3S/c1-8-5-11(20(14,18)19)6-12(10(8)3)16-13(17)9(2)7-15-4/h5-6,9,15H,7H2,1-4H3,(H,16,17)(H2,14,18,19). The van der Waals surface area contributed by atoms with E-state index in [2.05, 4.69) is 10.6 Å². The zero-order valence-electron chi connectivity index (χ0n) is 12.1. The van der Waals surface area contributed by atoms with Gasteiger partial charge in [0.05, 0.1) is 4.90 Å². The number of benzene rings is 1. The van der Waals surface area contributed by atoms with Gasteiger partial charge in [-0.15, -0.1) is 0 Å². The van der Waals surface area contributed by atoms with E-state index in [0.29, 0.717) is 12.2 Å². The van der Waals surface area contributed by atoms with Gasteiger partial charge in [0, 0.05) is 18.2 Å². The number of sulfonamides is 1. The first-order chi connectivity index (χ1) is 9.16. The zero-order valence-corrected chi connectivity index (χ0v) is 13.0. The molecule has 0 bridgehead atoms. The Labute approximate surface area is 119 Å². The number of anilines is 1. The van der Waals surface area contributed by atoms with Gasteiger partial charge in [-0.3, -0.25) is 4.79 Å². The number of carbonyl (C=O) groups is 1. The quantitative estimate of drug-likeness (QED) is 0.746. The highest BCUT2D eigenvalue weighted by atomic mass is 32.2. The van der Waals surface area contributed by atoms with E-state index in [1.54, 1.807) is 20.9 Å².